The second kappa shape index (κ2) is 18.3. The lowest BCUT2D eigenvalue weighted by Gasteiger charge is -2.42. The van der Waals surface area contributed by atoms with Crippen LogP contribution in [0.1, 0.15) is 87.6 Å². The number of alkyl carbamates (subject to hydrolysis) is 1. The molecule has 2 atom stereocenters. The number of hydrazine groups is 1. The standard InChI is InChI=1S/C41H58N4O9Si/c1-25(2)55(26(3)4,27(5)6)54-32-21-29(22-36(43-40(50)53-41(8,9)10)38(47)45-17-11-12-35(44-45)39(48)49)20-31(23-32)30-13-14-34-33(24-30)37(15-16-42-34)52-19-18-51-28(7)46/h13-16,20-21,23-27,35-36,44H,11-12,17-19,22H2,1-10H3,(H,43,50)(H,48,49)/t35-,36?/m0/s1. The number of carboxylic acids is 1. The Labute approximate surface area is 325 Å². The molecule has 0 saturated carbocycles. The molecule has 2 aromatic carbocycles. The number of fused-ring (bicyclic) bond motifs is 1. The van der Waals surface area contributed by atoms with Crippen molar-refractivity contribution in [3.8, 4) is 22.6 Å². The number of pyridine rings is 1. The van der Waals surface area contributed by atoms with E-state index in [0.717, 1.165) is 22.1 Å². The number of esters is 1. The summed E-state index contributed by atoms with van der Waals surface area (Å²) in [6, 6.07) is 11.5. The largest absolute Gasteiger partial charge is 0.543 e. The van der Waals surface area contributed by atoms with Crippen LogP contribution < -0.4 is 19.9 Å². The molecule has 1 saturated heterocycles. The van der Waals surface area contributed by atoms with E-state index < -0.39 is 44.0 Å². The Morgan fingerprint density at radius 2 is 1.65 bits per heavy atom. The van der Waals surface area contributed by atoms with Crippen LogP contribution in [0.3, 0.4) is 0 Å². The quantitative estimate of drug-likeness (QED) is 0.0799. The van der Waals surface area contributed by atoms with Gasteiger partial charge in [0.1, 0.15) is 42.4 Å². The van der Waals surface area contributed by atoms with Gasteiger partial charge >= 0.3 is 18.0 Å². The van der Waals surface area contributed by atoms with Crippen molar-refractivity contribution in [3.63, 3.8) is 0 Å². The van der Waals surface area contributed by atoms with Crippen LogP contribution in [0, 0.1) is 0 Å². The summed E-state index contributed by atoms with van der Waals surface area (Å²) in [6.07, 6.45) is 1.83. The van der Waals surface area contributed by atoms with Crippen molar-refractivity contribution >= 4 is 43.2 Å². The first kappa shape index (κ1) is 43.0. The van der Waals surface area contributed by atoms with Gasteiger partial charge in [-0.05, 0) is 97.3 Å². The van der Waals surface area contributed by atoms with Gasteiger partial charge in [0.05, 0.1) is 5.52 Å². The number of aliphatic carboxylic acids is 1. The molecule has 55 heavy (non-hydrogen) atoms. The monoisotopic (exact) mass is 778 g/mol. The Kier molecular flexibility index (Phi) is 14.3. The van der Waals surface area contributed by atoms with Crippen LogP contribution in [0.15, 0.2) is 48.7 Å². The summed E-state index contributed by atoms with van der Waals surface area (Å²) in [6.45, 7) is 20.4. The molecule has 4 rings (SSSR count). The molecular formula is C41H58N4O9Si. The number of amides is 2. The number of aromatic nitrogens is 1. The van der Waals surface area contributed by atoms with Crippen molar-refractivity contribution < 1.29 is 42.9 Å². The minimum Gasteiger partial charge on any atom is -0.543 e. The van der Waals surface area contributed by atoms with E-state index >= 15 is 0 Å². The number of nitrogens with one attached hydrogen (secondary N) is 2. The maximum Gasteiger partial charge on any atom is 0.408 e. The number of nitrogens with zero attached hydrogens (tertiary/aromatic N) is 2. The van der Waals surface area contributed by atoms with Crippen LogP contribution in [-0.2, 0) is 30.3 Å². The fourth-order valence-electron chi connectivity index (χ4n) is 7.52. The van der Waals surface area contributed by atoms with Gasteiger partial charge in [0, 0.05) is 31.5 Å². The van der Waals surface area contributed by atoms with E-state index in [2.05, 4.69) is 57.3 Å². The van der Waals surface area contributed by atoms with Gasteiger partial charge in [0.25, 0.3) is 14.2 Å². The lowest BCUT2D eigenvalue weighted by molar-refractivity contribution is -0.148. The molecular weight excluding hydrogens is 721 g/mol. The molecule has 1 fully saturated rings. The molecule has 14 heteroatoms. The molecule has 3 N–H and O–H groups in total. The predicted molar refractivity (Wildman–Crippen MR) is 213 cm³/mol. The molecule has 1 aromatic heterocycles. The van der Waals surface area contributed by atoms with Crippen LogP contribution in [0.5, 0.6) is 11.5 Å². The van der Waals surface area contributed by atoms with E-state index in [-0.39, 0.29) is 48.8 Å². The number of rotatable bonds is 15. The summed E-state index contributed by atoms with van der Waals surface area (Å²) in [4.78, 5) is 55.0. The zero-order valence-corrected chi connectivity index (χ0v) is 34.9. The van der Waals surface area contributed by atoms with E-state index in [1.807, 2.05) is 36.4 Å². The Balaban J connectivity index is 1.83. The second-order valence-electron chi connectivity index (χ2n) is 16.1. The smallest absolute Gasteiger partial charge is 0.408 e. The molecule has 1 aliphatic heterocycles. The van der Waals surface area contributed by atoms with Crippen molar-refractivity contribution in [2.24, 2.45) is 0 Å². The van der Waals surface area contributed by atoms with E-state index in [4.69, 9.17) is 18.6 Å². The Bertz CT molecular complexity index is 1820. The SMILES string of the molecule is CC(=O)OCCOc1ccnc2ccc(-c3cc(CC(NC(=O)OC(C)(C)C)C(=O)N4CCC[C@@H](C(=O)O)N4)cc(O[Si](C(C)C)(C(C)C)C(C)C)c3)cc12. The summed E-state index contributed by atoms with van der Waals surface area (Å²) in [7, 11) is -2.45. The molecule has 0 spiro atoms. The van der Waals surface area contributed by atoms with Gasteiger partial charge in [-0.2, -0.15) is 0 Å². The lowest BCUT2D eigenvalue weighted by atomic mass is 9.97. The summed E-state index contributed by atoms with van der Waals surface area (Å²) in [5.41, 5.74) is 5.96. The molecule has 1 unspecified atom stereocenters. The van der Waals surface area contributed by atoms with Crippen LogP contribution in [0.4, 0.5) is 4.79 Å². The van der Waals surface area contributed by atoms with Crippen molar-refractivity contribution in [2.75, 3.05) is 19.8 Å². The summed E-state index contributed by atoms with van der Waals surface area (Å²) >= 11 is 0. The average Bonchev–Trinajstić information content (AvgIpc) is 3.10. The molecule has 2 heterocycles. The predicted octanol–water partition coefficient (Wildman–Crippen LogP) is 7.41. The molecule has 300 valence electrons. The van der Waals surface area contributed by atoms with Crippen molar-refractivity contribution in [3.05, 3.63) is 54.2 Å². The number of hydrogen-bond donors (Lipinski definition) is 3. The number of ether oxygens (including phenoxy) is 3. The summed E-state index contributed by atoms with van der Waals surface area (Å²) < 4.78 is 23.8. The highest BCUT2D eigenvalue weighted by molar-refractivity contribution is 6.78. The zero-order valence-electron chi connectivity index (χ0n) is 33.9. The van der Waals surface area contributed by atoms with Gasteiger partial charge in [0.15, 0.2) is 0 Å². The molecule has 3 aromatic rings. The maximum absolute atomic E-state index is 14.2. The van der Waals surface area contributed by atoms with Gasteiger partial charge in [-0.1, -0.05) is 53.7 Å². The second-order valence-corrected chi connectivity index (χ2v) is 21.4. The first-order valence-corrected chi connectivity index (χ1v) is 21.2. The topological polar surface area (TPSA) is 166 Å². The highest BCUT2D eigenvalue weighted by atomic mass is 28.4. The number of carbonyl (C=O) groups is 4. The van der Waals surface area contributed by atoms with E-state index in [0.29, 0.717) is 29.9 Å². The third-order valence-electron chi connectivity index (χ3n) is 9.83. The van der Waals surface area contributed by atoms with Gasteiger partial charge in [0.2, 0.25) is 0 Å². The molecule has 1 aliphatic rings. The maximum atomic E-state index is 14.2. The Hall–Kier alpha value is -4.69. The molecule has 0 aliphatic carbocycles. The fourth-order valence-corrected chi connectivity index (χ4v) is 12.8. The van der Waals surface area contributed by atoms with Gasteiger partial charge in [-0.25, -0.2) is 10.2 Å². The van der Waals surface area contributed by atoms with Crippen LogP contribution in [0.25, 0.3) is 22.0 Å². The number of carboxylic acid groups (broad SMARTS) is 1. The lowest BCUT2D eigenvalue weighted by Crippen LogP contribution is -2.60. The van der Waals surface area contributed by atoms with Crippen LogP contribution in [0.2, 0.25) is 16.6 Å². The normalized spacial score (nSPS) is 15.6. The van der Waals surface area contributed by atoms with E-state index in [1.165, 1.54) is 11.9 Å². The Morgan fingerprint density at radius 3 is 2.27 bits per heavy atom. The van der Waals surface area contributed by atoms with Crippen molar-refractivity contribution in [1.82, 2.24) is 20.7 Å². The number of benzene rings is 2. The molecule has 2 amide bonds. The highest BCUT2D eigenvalue weighted by Crippen LogP contribution is 2.44. The minimum absolute atomic E-state index is 0.0669. The number of hydrogen-bond acceptors (Lipinski definition) is 10. The highest BCUT2D eigenvalue weighted by Gasteiger charge is 2.47. The molecule has 0 radical (unpaired) electrons. The summed E-state index contributed by atoms with van der Waals surface area (Å²) in [5.74, 6) is -0.680. The summed E-state index contributed by atoms with van der Waals surface area (Å²) in [5, 5.41) is 14.5. The average molecular weight is 779 g/mol. The van der Waals surface area contributed by atoms with Gasteiger partial charge in [-0.15, -0.1) is 0 Å². The third-order valence-corrected chi connectivity index (χ3v) is 15.8. The first-order chi connectivity index (χ1) is 25.8. The molecule has 13 nitrogen and oxygen atoms in total. The van der Waals surface area contributed by atoms with Crippen molar-refractivity contribution in [2.45, 2.75) is 123 Å². The first-order valence-electron chi connectivity index (χ1n) is 19.1. The number of carbonyl (C=O) groups excluding carboxylic acids is 3. The van der Waals surface area contributed by atoms with Crippen molar-refractivity contribution in [1.29, 1.82) is 0 Å². The van der Waals surface area contributed by atoms with Crippen LogP contribution >= 0.6 is 0 Å². The fraction of sp³-hybridized carbons (Fsp3) is 0.537. The third kappa shape index (κ3) is 11.2. The zero-order chi connectivity index (χ0) is 40.7. The van der Waals surface area contributed by atoms with E-state index in [1.54, 1.807) is 33.0 Å². The van der Waals surface area contributed by atoms with Crippen LogP contribution in [-0.4, -0.2) is 84.8 Å². The van der Waals surface area contributed by atoms with Gasteiger partial charge < -0.3 is 29.1 Å². The van der Waals surface area contributed by atoms with Gasteiger partial charge in [-0.3, -0.25) is 24.4 Å². The Morgan fingerprint density at radius 1 is 0.964 bits per heavy atom. The molecule has 0 bridgehead atoms. The van der Waals surface area contributed by atoms with E-state index in [9.17, 15) is 24.3 Å². The minimum atomic E-state index is -2.45.